The van der Waals surface area contributed by atoms with E-state index in [1.54, 1.807) is 0 Å². The van der Waals surface area contributed by atoms with Gasteiger partial charge in [-0.05, 0) is 38.5 Å². The van der Waals surface area contributed by atoms with Crippen molar-refractivity contribution in [2.24, 2.45) is 0 Å². The van der Waals surface area contributed by atoms with Gasteiger partial charge in [0.25, 0.3) is 5.85 Å². The van der Waals surface area contributed by atoms with Crippen molar-refractivity contribution in [3.05, 3.63) is 24.8 Å². The van der Waals surface area contributed by atoms with E-state index >= 15 is 0 Å². The highest BCUT2D eigenvalue weighted by molar-refractivity contribution is 5.23. The highest BCUT2D eigenvalue weighted by atomic mass is 16.4. The minimum Gasteiger partial charge on any atom is -0.351 e. The Labute approximate surface area is 127 Å². The normalized spacial score (nSPS) is 36.3. The lowest BCUT2D eigenvalue weighted by Crippen LogP contribution is -2.59. The standard InChI is InChI=1S/C16H26N4O/c1-13-17-9-5-3-7-11-19(13)16(21)15(17)18-10-6-4-8-12-20(16)14(18)2/h15,21H,1-12H2. The van der Waals surface area contributed by atoms with Crippen LogP contribution in [-0.4, -0.2) is 62.9 Å². The first-order valence-corrected chi connectivity index (χ1v) is 8.34. The first-order valence-electron chi connectivity index (χ1n) is 8.34. The molecule has 0 aromatic rings. The summed E-state index contributed by atoms with van der Waals surface area (Å²) in [5, 5.41) is 11.7. The molecule has 4 aliphatic rings. The van der Waals surface area contributed by atoms with E-state index in [9.17, 15) is 5.11 Å². The highest BCUT2D eigenvalue weighted by Gasteiger charge is 2.65. The van der Waals surface area contributed by atoms with Crippen LogP contribution in [0.4, 0.5) is 0 Å². The fourth-order valence-electron chi connectivity index (χ4n) is 4.53. The summed E-state index contributed by atoms with van der Waals surface area (Å²) in [5.41, 5.74) is 0. The van der Waals surface area contributed by atoms with Crippen molar-refractivity contribution in [2.45, 2.75) is 50.5 Å². The third-order valence-corrected chi connectivity index (χ3v) is 5.58. The van der Waals surface area contributed by atoms with Crippen LogP contribution in [0.15, 0.2) is 24.8 Å². The van der Waals surface area contributed by atoms with Gasteiger partial charge in [-0.15, -0.1) is 0 Å². The number of nitrogens with zero attached hydrogens (tertiary/aromatic N) is 4. The van der Waals surface area contributed by atoms with Crippen LogP contribution < -0.4 is 0 Å². The van der Waals surface area contributed by atoms with E-state index in [2.05, 4.69) is 32.8 Å². The third-order valence-electron chi connectivity index (χ3n) is 5.58. The molecule has 0 radical (unpaired) electrons. The summed E-state index contributed by atoms with van der Waals surface area (Å²) in [5.74, 6) is 1.01. The molecule has 0 aromatic heterocycles. The average molecular weight is 290 g/mol. The van der Waals surface area contributed by atoms with Crippen LogP contribution in [0, 0.1) is 0 Å². The first-order chi connectivity index (χ1) is 10.2. The van der Waals surface area contributed by atoms with E-state index in [0.717, 1.165) is 50.7 Å². The molecule has 0 aliphatic carbocycles. The van der Waals surface area contributed by atoms with Crippen LogP contribution in [0.5, 0.6) is 0 Å². The van der Waals surface area contributed by atoms with Gasteiger partial charge in [-0.1, -0.05) is 13.2 Å². The molecule has 4 saturated heterocycles. The molecule has 4 heterocycles. The van der Waals surface area contributed by atoms with Crippen molar-refractivity contribution in [3.63, 3.8) is 0 Å². The number of aliphatic hydroxyl groups is 1. The van der Waals surface area contributed by atoms with Gasteiger partial charge < -0.3 is 24.7 Å². The summed E-state index contributed by atoms with van der Waals surface area (Å²) in [6, 6.07) is 0. The maximum absolute atomic E-state index is 11.7. The van der Waals surface area contributed by atoms with E-state index in [-0.39, 0.29) is 6.17 Å². The fourth-order valence-corrected chi connectivity index (χ4v) is 4.53. The Morgan fingerprint density at radius 2 is 1.19 bits per heavy atom. The number of rotatable bonds is 0. The summed E-state index contributed by atoms with van der Waals surface area (Å²) < 4.78 is 0. The highest BCUT2D eigenvalue weighted by Crippen LogP contribution is 2.49. The van der Waals surface area contributed by atoms with Crippen LogP contribution in [0.1, 0.15) is 38.5 Å². The van der Waals surface area contributed by atoms with Crippen LogP contribution >= 0.6 is 0 Å². The molecule has 4 bridgehead atoms. The lowest BCUT2D eigenvalue weighted by Gasteiger charge is -2.40. The maximum atomic E-state index is 11.7. The molecule has 4 fully saturated rings. The van der Waals surface area contributed by atoms with Crippen molar-refractivity contribution < 1.29 is 5.11 Å². The van der Waals surface area contributed by atoms with Gasteiger partial charge in [0.05, 0.1) is 0 Å². The molecule has 0 atom stereocenters. The van der Waals surface area contributed by atoms with Crippen molar-refractivity contribution in [3.8, 4) is 0 Å². The number of hydrogen-bond acceptors (Lipinski definition) is 5. The molecule has 5 heteroatoms. The molecule has 1 N–H and O–H groups in total. The summed E-state index contributed by atoms with van der Waals surface area (Å²) >= 11 is 0. The molecule has 116 valence electrons. The van der Waals surface area contributed by atoms with Gasteiger partial charge in [-0.25, -0.2) is 0 Å². The van der Waals surface area contributed by atoms with Crippen molar-refractivity contribution >= 4 is 0 Å². The van der Waals surface area contributed by atoms with E-state index < -0.39 is 5.85 Å². The number of hydrogen-bond donors (Lipinski definition) is 1. The zero-order valence-corrected chi connectivity index (χ0v) is 12.8. The van der Waals surface area contributed by atoms with E-state index in [1.165, 1.54) is 25.7 Å². The first kappa shape index (κ1) is 13.3. The largest absolute Gasteiger partial charge is 0.351 e. The minimum atomic E-state index is -0.969. The van der Waals surface area contributed by atoms with Crippen LogP contribution in [0.3, 0.4) is 0 Å². The Kier molecular flexibility index (Phi) is 2.89. The fraction of sp³-hybridized carbons (Fsp3) is 0.750. The maximum Gasteiger partial charge on any atom is 0.262 e. The van der Waals surface area contributed by atoms with Gasteiger partial charge >= 0.3 is 0 Å². The second-order valence-electron chi connectivity index (χ2n) is 6.70. The molecular formula is C16H26N4O. The summed E-state index contributed by atoms with van der Waals surface area (Å²) in [7, 11) is 0. The molecule has 0 unspecified atom stereocenters. The second-order valence-corrected chi connectivity index (χ2v) is 6.70. The van der Waals surface area contributed by atoms with Gasteiger partial charge in [0.2, 0.25) is 0 Å². The molecular weight excluding hydrogens is 264 g/mol. The Morgan fingerprint density at radius 1 is 0.762 bits per heavy atom. The molecule has 0 amide bonds. The lowest BCUT2D eigenvalue weighted by atomic mass is 10.2. The van der Waals surface area contributed by atoms with Gasteiger partial charge in [-0.2, -0.15) is 0 Å². The van der Waals surface area contributed by atoms with Gasteiger partial charge in [0.15, 0.2) is 6.17 Å². The summed E-state index contributed by atoms with van der Waals surface area (Å²) in [4.78, 5) is 8.89. The lowest BCUT2D eigenvalue weighted by molar-refractivity contribution is -0.173. The Bertz CT molecular complexity index is 439. The predicted molar refractivity (Wildman–Crippen MR) is 81.5 cm³/mol. The average Bonchev–Trinajstić information content (AvgIpc) is 2.81. The molecule has 5 nitrogen and oxygen atoms in total. The molecule has 0 spiro atoms. The summed E-state index contributed by atoms with van der Waals surface area (Å²) in [6.07, 6.45) is 7.03. The van der Waals surface area contributed by atoms with Crippen molar-refractivity contribution in [1.82, 2.24) is 19.6 Å². The van der Waals surface area contributed by atoms with Crippen molar-refractivity contribution in [1.29, 1.82) is 0 Å². The van der Waals surface area contributed by atoms with E-state index in [1.807, 2.05) is 0 Å². The Hall–Kier alpha value is -1.36. The summed E-state index contributed by atoms with van der Waals surface area (Å²) in [6.45, 7) is 12.3. The second kappa shape index (κ2) is 4.57. The topological polar surface area (TPSA) is 33.2 Å². The third kappa shape index (κ3) is 1.61. The quantitative estimate of drug-likeness (QED) is 0.731. The molecule has 0 saturated carbocycles. The van der Waals surface area contributed by atoms with Crippen LogP contribution in [0.2, 0.25) is 0 Å². The molecule has 0 aromatic carbocycles. The molecule has 4 rings (SSSR count). The van der Waals surface area contributed by atoms with Crippen LogP contribution in [0.25, 0.3) is 0 Å². The molecule has 21 heavy (non-hydrogen) atoms. The smallest absolute Gasteiger partial charge is 0.262 e. The van der Waals surface area contributed by atoms with Gasteiger partial charge in [0.1, 0.15) is 11.6 Å². The Balaban J connectivity index is 1.81. The van der Waals surface area contributed by atoms with E-state index in [0.29, 0.717) is 0 Å². The monoisotopic (exact) mass is 290 g/mol. The zero-order valence-electron chi connectivity index (χ0n) is 12.8. The Morgan fingerprint density at radius 3 is 1.67 bits per heavy atom. The number of fused-ring (bicyclic) bond motifs is 9. The van der Waals surface area contributed by atoms with E-state index in [4.69, 9.17) is 0 Å². The molecule has 4 aliphatic heterocycles. The van der Waals surface area contributed by atoms with Gasteiger partial charge in [-0.3, -0.25) is 0 Å². The SMILES string of the molecule is C=C1N2CCCCCN1C1(O)C2N2CCCCCN1C2=C. The zero-order chi connectivity index (χ0) is 14.6. The predicted octanol–water partition coefficient (Wildman–Crippen LogP) is 1.50. The van der Waals surface area contributed by atoms with Crippen molar-refractivity contribution in [2.75, 3.05) is 26.2 Å². The van der Waals surface area contributed by atoms with Crippen LogP contribution in [-0.2, 0) is 0 Å². The van der Waals surface area contributed by atoms with Gasteiger partial charge in [0, 0.05) is 26.2 Å². The minimum absolute atomic E-state index is 0.0336.